The maximum atomic E-state index is 12.5. The fraction of sp³-hybridized carbons (Fsp3) is 0.133. The van der Waals surface area contributed by atoms with Gasteiger partial charge in [-0.3, -0.25) is 9.71 Å². The summed E-state index contributed by atoms with van der Waals surface area (Å²) in [5.41, 5.74) is 0.176. The van der Waals surface area contributed by atoms with Crippen LogP contribution in [0.1, 0.15) is 0 Å². The van der Waals surface area contributed by atoms with Gasteiger partial charge in [-0.1, -0.05) is 12.1 Å². The highest BCUT2D eigenvalue weighted by atomic mass is 32.2. The summed E-state index contributed by atoms with van der Waals surface area (Å²) in [5, 5.41) is 0. The minimum Gasteiger partial charge on any atom is -0.482 e. The summed E-state index contributed by atoms with van der Waals surface area (Å²) in [6, 6.07) is 8.98. The van der Waals surface area contributed by atoms with Gasteiger partial charge in [0.1, 0.15) is 5.75 Å². The second-order valence-electron chi connectivity index (χ2n) is 5.18. The minimum absolute atomic E-state index is 0.0273. The Morgan fingerprint density at radius 2 is 1.88 bits per heavy atom. The molecule has 0 bridgehead atoms. The SMILES string of the molecule is O=c1[nH]c2ccc(S(=O)(=O)Nc3ccccc3OCC(F)(F)F)cc2o1. The molecule has 2 N–H and O–H groups in total. The molecule has 1 aromatic heterocycles. The van der Waals surface area contributed by atoms with Crippen LogP contribution in [0.3, 0.4) is 0 Å². The zero-order valence-corrected chi connectivity index (χ0v) is 13.6. The van der Waals surface area contributed by atoms with Crippen LogP contribution in [0.4, 0.5) is 18.9 Å². The van der Waals surface area contributed by atoms with Crippen molar-refractivity contribution in [3.63, 3.8) is 0 Å². The number of halogens is 3. The molecule has 0 atom stereocenters. The summed E-state index contributed by atoms with van der Waals surface area (Å²) in [5.74, 6) is -1.02. The predicted octanol–water partition coefficient (Wildman–Crippen LogP) is 2.86. The number of sulfonamides is 1. The Balaban J connectivity index is 1.90. The summed E-state index contributed by atoms with van der Waals surface area (Å²) in [6.45, 7) is -1.56. The largest absolute Gasteiger partial charge is 0.482 e. The maximum Gasteiger partial charge on any atom is 0.422 e. The Labute approximate surface area is 144 Å². The standard InChI is InChI=1S/C15H11F3N2O5S/c16-15(17,18)8-24-12-4-2-1-3-11(12)20-26(22,23)9-5-6-10-13(7-9)25-14(21)19-10/h1-7,20H,8H2,(H,19,21). The number of aromatic nitrogens is 1. The number of anilines is 1. The van der Waals surface area contributed by atoms with Gasteiger partial charge in [0.2, 0.25) is 0 Å². The minimum atomic E-state index is -4.57. The lowest BCUT2D eigenvalue weighted by Gasteiger charge is -2.14. The first-order chi connectivity index (χ1) is 12.1. The first-order valence-corrected chi connectivity index (χ1v) is 8.57. The van der Waals surface area contributed by atoms with Crippen LogP contribution >= 0.6 is 0 Å². The molecule has 0 aliphatic heterocycles. The number of aromatic amines is 1. The molecule has 0 saturated heterocycles. The summed E-state index contributed by atoms with van der Waals surface area (Å²) < 4.78 is 73.5. The Morgan fingerprint density at radius 3 is 2.62 bits per heavy atom. The van der Waals surface area contributed by atoms with Crippen molar-refractivity contribution in [2.75, 3.05) is 11.3 Å². The van der Waals surface area contributed by atoms with Gasteiger partial charge < -0.3 is 9.15 Å². The molecule has 138 valence electrons. The van der Waals surface area contributed by atoms with E-state index in [2.05, 4.69) is 14.4 Å². The highest BCUT2D eigenvalue weighted by Gasteiger charge is 2.29. The third-order valence-electron chi connectivity index (χ3n) is 3.23. The van der Waals surface area contributed by atoms with Crippen molar-refractivity contribution in [2.45, 2.75) is 11.1 Å². The van der Waals surface area contributed by atoms with Gasteiger partial charge in [-0.25, -0.2) is 13.2 Å². The summed E-state index contributed by atoms with van der Waals surface area (Å²) in [6.07, 6.45) is -4.57. The van der Waals surface area contributed by atoms with Gasteiger partial charge in [0.15, 0.2) is 12.2 Å². The van der Waals surface area contributed by atoms with Crippen LogP contribution in [-0.2, 0) is 10.0 Å². The van der Waals surface area contributed by atoms with Gasteiger partial charge in [0, 0.05) is 6.07 Å². The second kappa shape index (κ2) is 6.41. The van der Waals surface area contributed by atoms with E-state index in [1.807, 2.05) is 0 Å². The summed E-state index contributed by atoms with van der Waals surface area (Å²) in [7, 11) is -4.16. The zero-order valence-electron chi connectivity index (χ0n) is 12.8. The molecule has 26 heavy (non-hydrogen) atoms. The molecular weight excluding hydrogens is 377 g/mol. The van der Waals surface area contributed by atoms with E-state index in [0.29, 0.717) is 5.52 Å². The molecule has 7 nitrogen and oxygen atoms in total. The number of benzene rings is 2. The number of ether oxygens (including phenoxy) is 1. The van der Waals surface area contributed by atoms with Crippen molar-refractivity contribution in [3.8, 4) is 5.75 Å². The molecule has 3 aromatic rings. The van der Waals surface area contributed by atoms with Crippen LogP contribution in [0.5, 0.6) is 5.75 Å². The number of fused-ring (bicyclic) bond motifs is 1. The molecule has 11 heteroatoms. The first kappa shape index (κ1) is 17.9. The van der Waals surface area contributed by atoms with Gasteiger partial charge in [-0.15, -0.1) is 0 Å². The smallest absolute Gasteiger partial charge is 0.422 e. The van der Waals surface area contributed by atoms with Gasteiger partial charge in [0.05, 0.1) is 16.1 Å². The van der Waals surface area contributed by atoms with Crippen LogP contribution in [0, 0.1) is 0 Å². The molecule has 0 spiro atoms. The molecule has 0 radical (unpaired) electrons. The number of H-pyrrole nitrogens is 1. The Kier molecular flexibility index (Phi) is 4.40. The molecule has 0 aliphatic rings. The van der Waals surface area contributed by atoms with E-state index < -0.39 is 28.6 Å². The van der Waals surface area contributed by atoms with E-state index in [9.17, 15) is 26.4 Å². The number of hydrogen-bond donors (Lipinski definition) is 2. The number of hydrogen-bond acceptors (Lipinski definition) is 5. The first-order valence-electron chi connectivity index (χ1n) is 7.08. The average Bonchev–Trinajstić information content (AvgIpc) is 2.92. The molecule has 2 aromatic carbocycles. The van der Waals surface area contributed by atoms with E-state index >= 15 is 0 Å². The van der Waals surface area contributed by atoms with Gasteiger partial charge in [0.25, 0.3) is 10.0 Å². The molecule has 0 saturated carbocycles. The molecule has 3 rings (SSSR count). The molecule has 0 amide bonds. The van der Waals surface area contributed by atoms with Crippen molar-refractivity contribution < 1.29 is 30.7 Å². The Hall–Kier alpha value is -2.95. The topological polar surface area (TPSA) is 101 Å². The van der Waals surface area contributed by atoms with Gasteiger partial charge in [-0.05, 0) is 24.3 Å². The fourth-order valence-electron chi connectivity index (χ4n) is 2.13. The quantitative estimate of drug-likeness (QED) is 0.700. The van der Waals surface area contributed by atoms with Crippen molar-refractivity contribution in [2.24, 2.45) is 0 Å². The highest BCUT2D eigenvalue weighted by molar-refractivity contribution is 7.92. The van der Waals surface area contributed by atoms with E-state index in [-0.39, 0.29) is 21.9 Å². The number of nitrogens with one attached hydrogen (secondary N) is 2. The maximum absolute atomic E-state index is 12.5. The van der Waals surface area contributed by atoms with Crippen LogP contribution in [0.2, 0.25) is 0 Å². The molecule has 1 heterocycles. The van der Waals surface area contributed by atoms with E-state index in [1.165, 1.54) is 36.4 Å². The van der Waals surface area contributed by atoms with E-state index in [4.69, 9.17) is 4.42 Å². The number of para-hydroxylation sites is 2. The van der Waals surface area contributed by atoms with Crippen molar-refractivity contribution in [1.29, 1.82) is 0 Å². The van der Waals surface area contributed by atoms with Crippen molar-refractivity contribution in [3.05, 3.63) is 53.0 Å². The van der Waals surface area contributed by atoms with Crippen LogP contribution < -0.4 is 15.2 Å². The van der Waals surface area contributed by atoms with Crippen LogP contribution in [0.25, 0.3) is 11.1 Å². The average molecular weight is 388 g/mol. The predicted molar refractivity (Wildman–Crippen MR) is 85.6 cm³/mol. The van der Waals surface area contributed by atoms with Crippen LogP contribution in [-0.4, -0.2) is 26.2 Å². The zero-order chi connectivity index (χ0) is 18.9. The van der Waals surface area contributed by atoms with Crippen molar-refractivity contribution in [1.82, 2.24) is 4.98 Å². The second-order valence-corrected chi connectivity index (χ2v) is 6.86. The summed E-state index contributed by atoms with van der Waals surface area (Å²) >= 11 is 0. The van der Waals surface area contributed by atoms with Crippen LogP contribution in [0.15, 0.2) is 56.6 Å². The number of alkyl halides is 3. The van der Waals surface area contributed by atoms with Crippen molar-refractivity contribution >= 4 is 26.8 Å². The Bertz CT molecular complexity index is 1100. The fourth-order valence-corrected chi connectivity index (χ4v) is 3.22. The van der Waals surface area contributed by atoms with Gasteiger partial charge in [-0.2, -0.15) is 13.2 Å². The lowest BCUT2D eigenvalue weighted by atomic mass is 10.3. The highest BCUT2D eigenvalue weighted by Crippen LogP contribution is 2.29. The normalized spacial score (nSPS) is 12.3. The lowest BCUT2D eigenvalue weighted by Crippen LogP contribution is -2.20. The molecule has 0 unspecified atom stereocenters. The molecular formula is C15H11F3N2O5S. The monoisotopic (exact) mass is 388 g/mol. The third-order valence-corrected chi connectivity index (χ3v) is 4.59. The molecule has 0 aliphatic carbocycles. The van der Waals surface area contributed by atoms with E-state index in [0.717, 1.165) is 6.07 Å². The number of oxazole rings is 1. The lowest BCUT2D eigenvalue weighted by molar-refractivity contribution is -0.153. The third kappa shape index (κ3) is 3.99. The summed E-state index contributed by atoms with van der Waals surface area (Å²) in [4.78, 5) is 13.3. The Morgan fingerprint density at radius 1 is 1.15 bits per heavy atom. The van der Waals surface area contributed by atoms with E-state index in [1.54, 1.807) is 0 Å². The number of rotatable bonds is 5. The van der Waals surface area contributed by atoms with Gasteiger partial charge >= 0.3 is 11.9 Å². The molecule has 0 fully saturated rings.